The van der Waals surface area contributed by atoms with Gasteiger partial charge in [-0.05, 0) is 0 Å². The van der Waals surface area contributed by atoms with Crippen LogP contribution in [0.3, 0.4) is 0 Å². The minimum atomic E-state index is -0.576. The Bertz CT molecular complexity index is 1190. The summed E-state index contributed by atoms with van der Waals surface area (Å²) in [6, 6.07) is 0. The molecule has 0 aliphatic rings. The average Bonchev–Trinajstić information content (AvgIpc) is 3.21. The molecule has 0 saturated heterocycles. The van der Waals surface area contributed by atoms with Crippen LogP contribution in [0.2, 0.25) is 0 Å². The zero-order valence-electron chi connectivity index (χ0n) is 30.6. The Morgan fingerprint density at radius 3 is 0.917 bits per heavy atom. The van der Waals surface area contributed by atoms with Gasteiger partial charge in [0, 0.05) is 29.6 Å². The van der Waals surface area contributed by atoms with Crippen molar-refractivity contribution in [2.75, 3.05) is 19.8 Å². The van der Waals surface area contributed by atoms with Gasteiger partial charge in [0.05, 0.1) is 28.2 Å². The molecule has 0 rings (SSSR count). The summed E-state index contributed by atoms with van der Waals surface area (Å²) in [6.45, 7) is -1.95. The predicted octanol–water partition coefficient (Wildman–Crippen LogP) is 2.98. The van der Waals surface area contributed by atoms with Crippen LogP contribution in [0.25, 0.3) is 0 Å². The summed E-state index contributed by atoms with van der Waals surface area (Å²) in [4.78, 5) is 38.9. The molecule has 0 aromatic carbocycles. The number of nitrogens with zero attached hydrogens (tertiary/aromatic N) is 1. The summed E-state index contributed by atoms with van der Waals surface area (Å²) in [6.07, 6.45) is 0. The molecule has 0 spiro atoms. The van der Waals surface area contributed by atoms with Crippen molar-refractivity contribution in [3.63, 3.8) is 0 Å². The van der Waals surface area contributed by atoms with Gasteiger partial charge < -0.3 is 30.5 Å². The van der Waals surface area contributed by atoms with Gasteiger partial charge in [-0.2, -0.15) is 313 Å². The molecule has 0 bridgehead atoms. The summed E-state index contributed by atoms with van der Waals surface area (Å²) < 4.78 is 4.67. The van der Waals surface area contributed by atoms with Gasteiger partial charge in [-0.15, -0.1) is 134 Å². The van der Waals surface area contributed by atoms with Crippen LogP contribution in [-0.2, 0) is 14.4 Å². The van der Waals surface area contributed by atoms with Crippen molar-refractivity contribution in [1.29, 1.82) is 0 Å². The van der Waals surface area contributed by atoms with Gasteiger partial charge in [-0.25, -0.2) is 0 Å². The second-order valence-corrected chi connectivity index (χ2v) is 46.3. The zero-order chi connectivity index (χ0) is 46.2. The SMILES string of the molecule is O=C(CO)NB(B(I)B(I)BBB(I)I)B(I)B(I)B(I)B(I)B(I)B(I)N(B(I)B(I)B(I)B(I)B(I)B(I)B(NC(=O)CO)B(I)B(I)BBB(I)I)C(=O)CO.[Na]. The normalized spacial score (nSPS) is 9.85. The first-order valence-corrected chi connectivity index (χ1v) is 41.7. The largest absolute Gasteiger partial charge is 0.423 e. The molecule has 0 aliphatic heterocycles. The Labute approximate surface area is 657 Å². The predicted molar refractivity (Wildman–Crippen MR) is 474 cm³/mol. The van der Waals surface area contributed by atoms with E-state index in [4.69, 9.17) is 0 Å². The average molecular weight is 3050 g/mol. The molecule has 5 N–H and O–H groups in total. The minimum Gasteiger partial charge on any atom is -0.423 e. The van der Waals surface area contributed by atoms with E-state index in [1.165, 1.54) is 0 Å². The van der Waals surface area contributed by atoms with Crippen LogP contribution in [0.5, 0.6) is 0 Å². The van der Waals surface area contributed by atoms with Crippen molar-refractivity contribution in [2.24, 2.45) is 0 Å². The number of rotatable bonds is 29. The van der Waals surface area contributed by atoms with E-state index in [0.29, 0.717) is 13.3 Å². The Morgan fingerprint density at radius 2 is 0.667 bits per heavy atom. The van der Waals surface area contributed by atoms with Gasteiger partial charge in [0.1, 0.15) is 19.8 Å². The number of hydrogen-bond donors (Lipinski definition) is 5. The van der Waals surface area contributed by atoms with E-state index in [9.17, 15) is 29.7 Å². The molecule has 60 heavy (non-hydrogen) atoms. The fourth-order valence-corrected chi connectivity index (χ4v) is 29.8. The molecule has 0 saturated carbocycles. The van der Waals surface area contributed by atoms with Crippen molar-refractivity contribution in [2.45, 2.75) is 0 Å². The number of aliphatic hydroxyl groups is 3. The molecule has 0 unspecified atom stereocenters. The van der Waals surface area contributed by atoms with Crippen LogP contribution < -0.4 is 10.5 Å². The fourth-order valence-electron chi connectivity index (χ4n) is 5.02. The second kappa shape index (κ2) is 43.2. The van der Waals surface area contributed by atoms with Crippen LogP contribution in [0.15, 0.2) is 0 Å². The third-order valence-corrected chi connectivity index (χ3v) is 51.4. The van der Waals surface area contributed by atoms with Crippen LogP contribution in [0, 0.1) is 0 Å². The molecule has 0 fully saturated rings. The number of hydrogen-bond acceptors (Lipinski definition) is 6. The number of amides is 3. The second-order valence-electron chi connectivity index (χ2n) is 12.5. The summed E-state index contributed by atoms with van der Waals surface area (Å²) in [7, 11) is 4.25. The van der Waals surface area contributed by atoms with E-state index in [-0.39, 0.29) is 122 Å². The number of aliphatic hydroxyl groups excluding tert-OH is 3. The van der Waals surface area contributed by atoms with Crippen molar-refractivity contribution < 1.29 is 29.7 Å². The van der Waals surface area contributed by atoms with E-state index < -0.39 is 19.8 Å². The van der Waals surface area contributed by atoms with E-state index in [2.05, 4.69) is 458 Å². The maximum Gasteiger partial charge on any atom is 0.284 e. The summed E-state index contributed by atoms with van der Waals surface area (Å²) in [5.41, 5.74) is 0. The summed E-state index contributed by atoms with van der Waals surface area (Å²) >= 11 is 49.8. The van der Waals surface area contributed by atoms with Gasteiger partial charge in [-0.1, -0.05) is 0 Å². The van der Waals surface area contributed by atoms with Gasteiger partial charge in [0.25, 0.3) is 9.19 Å². The Kier molecular flexibility index (Phi) is 55.8. The molecule has 0 aromatic rings. The van der Waals surface area contributed by atoms with Gasteiger partial charge >= 0.3 is 0 Å². The fraction of sp³-hybridized carbons (Fsp3) is 0.500. The molecule has 0 aromatic heterocycles. The maximum absolute atomic E-state index is 13.7. The van der Waals surface area contributed by atoms with E-state index in [0.717, 1.165) is 28.2 Å². The number of carbonyl (C=O) groups excluding carboxylic acids is 3. The van der Waals surface area contributed by atoms with E-state index in [1.54, 1.807) is 0 Å². The maximum atomic E-state index is 13.7. The quantitative estimate of drug-likeness (QED) is 0.0578. The van der Waals surface area contributed by atoms with E-state index in [1.807, 2.05) is 4.72 Å². The van der Waals surface area contributed by atoms with Crippen molar-refractivity contribution in [1.82, 2.24) is 15.2 Å². The third kappa shape index (κ3) is 28.9. The number of halogens is 20. The Hall–Kier alpha value is 15.4. The Balaban J connectivity index is 0. The van der Waals surface area contributed by atoms with Crippen LogP contribution >= 0.6 is 447 Å². The molecule has 54 heteroatoms. The number of nitrogens with one attached hydrogen (secondary N) is 2. The first-order chi connectivity index (χ1) is 27.2. The molecular weight excluding hydrogens is 3030 g/mol. The molecule has 3 amide bonds. The minimum absolute atomic E-state index is 0. The smallest absolute Gasteiger partial charge is 0.284 e. The standard InChI is InChI=1S/C6H15B24I20N3O6.Na/c31-11(7-9-13(33)34)15(37)27(51-4(57)1-54)23(45)19(41)17(39)21(43)25(47)29(49)53(6(59)3-56)30(50)26(48)22(44)18(40)20(42)24(46)28(52-5(58)2-55)16(38)12(32)8-10-14(35)36;/h7-10,54-56H,1-3H2,(H,51,57)(H,52,58);. The molecule has 0 heterocycles. The zero-order valence-corrected chi connectivity index (χ0v) is 75.7. The number of carbonyl (C=O) groups is 3. The van der Waals surface area contributed by atoms with Crippen molar-refractivity contribution in [3.05, 3.63) is 0 Å². The van der Waals surface area contributed by atoms with Crippen LogP contribution in [0.1, 0.15) is 0 Å². The van der Waals surface area contributed by atoms with Gasteiger partial charge in [0.15, 0.2) is 65.5 Å². The molecule has 1 radical (unpaired) electrons. The molecular formula is C6H15B24I20N3NaO6. The first-order valence-electron chi connectivity index (χ1n) is 16.8. The molecule has 9 nitrogen and oxygen atoms in total. The topological polar surface area (TPSA) is 139 Å². The van der Waals surface area contributed by atoms with Gasteiger partial charge in [0.2, 0.25) is 31.1 Å². The van der Waals surface area contributed by atoms with E-state index >= 15 is 0 Å². The summed E-state index contributed by atoms with van der Waals surface area (Å²) in [5.74, 6) is -1.02. The van der Waals surface area contributed by atoms with Crippen molar-refractivity contribution in [3.8, 4) is 0 Å². The molecule has 0 aliphatic carbocycles. The van der Waals surface area contributed by atoms with Crippen LogP contribution in [-0.4, -0.2) is 203 Å². The Morgan fingerprint density at radius 1 is 0.400 bits per heavy atom. The monoisotopic (exact) mass is 3050 g/mol. The van der Waals surface area contributed by atoms with Crippen LogP contribution in [0.4, 0.5) is 0 Å². The third-order valence-electron chi connectivity index (χ3n) is 8.24. The summed E-state index contributed by atoms with van der Waals surface area (Å²) in [5, 5.41) is 36.0. The molecule has 0 atom stereocenters. The van der Waals surface area contributed by atoms with Crippen molar-refractivity contribution >= 4 is 611 Å². The molecule has 303 valence electrons. The first kappa shape index (κ1) is 77.5. The van der Waals surface area contributed by atoms with Gasteiger partial charge in [-0.3, -0.25) is 14.4 Å².